The van der Waals surface area contributed by atoms with Crippen molar-refractivity contribution in [1.29, 1.82) is 0 Å². The molecule has 3 aromatic carbocycles. The van der Waals surface area contributed by atoms with E-state index in [-0.39, 0.29) is 11.6 Å². The zero-order valence-electron chi connectivity index (χ0n) is 15.3. The topological polar surface area (TPSA) is 52.2 Å². The van der Waals surface area contributed by atoms with Crippen LogP contribution in [0, 0.1) is 5.92 Å². The van der Waals surface area contributed by atoms with E-state index in [0.717, 1.165) is 12.0 Å². The third kappa shape index (κ3) is 2.71. The highest BCUT2D eigenvalue weighted by atomic mass is 16.4. The van der Waals surface area contributed by atoms with Crippen LogP contribution in [0.1, 0.15) is 39.9 Å². The number of hydrogen-bond donors (Lipinski definition) is 1. The zero-order chi connectivity index (χ0) is 19.1. The summed E-state index contributed by atoms with van der Waals surface area (Å²) in [5.41, 5.74) is 6.23. The van der Waals surface area contributed by atoms with Gasteiger partial charge in [0.05, 0.1) is 12.0 Å². The van der Waals surface area contributed by atoms with Gasteiger partial charge in [-0.1, -0.05) is 84.9 Å². The Balaban J connectivity index is 1.60. The molecule has 0 fully saturated rings. The molecule has 3 nitrogen and oxygen atoms in total. The van der Waals surface area contributed by atoms with Crippen molar-refractivity contribution in [3.8, 4) is 11.1 Å². The molecule has 0 saturated carbocycles. The lowest BCUT2D eigenvalue weighted by Crippen LogP contribution is -2.29. The highest BCUT2D eigenvalue weighted by molar-refractivity contribution is 5.86. The Hall–Kier alpha value is -3.33. The van der Waals surface area contributed by atoms with Crippen molar-refractivity contribution in [2.45, 2.75) is 18.4 Å². The van der Waals surface area contributed by atoms with Crippen molar-refractivity contribution in [1.82, 2.24) is 0 Å². The maximum Gasteiger partial charge on any atom is 0.0715 e. The van der Waals surface area contributed by atoms with Crippen molar-refractivity contribution in [3.63, 3.8) is 0 Å². The minimum atomic E-state index is -1.14. The number of nitrogens with one attached hydrogen (secondary N) is 1. The van der Waals surface area contributed by atoms with E-state index in [1.54, 1.807) is 12.1 Å². The van der Waals surface area contributed by atoms with Crippen LogP contribution in [0.5, 0.6) is 0 Å². The smallest absolute Gasteiger partial charge is 0.0715 e. The summed E-state index contributed by atoms with van der Waals surface area (Å²) >= 11 is 0. The van der Waals surface area contributed by atoms with Crippen molar-refractivity contribution in [2.75, 3.05) is 5.32 Å². The molecule has 28 heavy (non-hydrogen) atoms. The number of carbonyl (C=O) groups excluding carboxylic acids is 1. The second-order valence-corrected chi connectivity index (χ2v) is 7.52. The Morgan fingerprint density at radius 2 is 1.71 bits per heavy atom. The lowest BCUT2D eigenvalue weighted by molar-refractivity contribution is -0.255. The monoisotopic (exact) mass is 366 g/mol. The van der Waals surface area contributed by atoms with Crippen molar-refractivity contribution < 1.29 is 9.90 Å². The molecule has 1 N–H and O–H groups in total. The average Bonchev–Trinajstić information content (AvgIpc) is 3.24. The van der Waals surface area contributed by atoms with E-state index >= 15 is 0 Å². The van der Waals surface area contributed by atoms with Crippen LogP contribution in [-0.2, 0) is 0 Å². The van der Waals surface area contributed by atoms with Crippen LogP contribution in [0.3, 0.4) is 0 Å². The number of anilines is 1. The number of fused-ring (bicyclic) bond motifs is 3. The summed E-state index contributed by atoms with van der Waals surface area (Å²) in [5.74, 6) is -0.349. The number of hydrogen-bond acceptors (Lipinski definition) is 3. The van der Waals surface area contributed by atoms with Crippen LogP contribution in [0.2, 0.25) is 0 Å². The number of aromatic carboxylic acids is 1. The highest BCUT2D eigenvalue weighted by Crippen LogP contribution is 2.52. The third-order valence-electron chi connectivity index (χ3n) is 5.99. The van der Waals surface area contributed by atoms with Gasteiger partial charge < -0.3 is 15.2 Å². The fraction of sp³-hybridized carbons (Fsp3) is 0.160. The Morgan fingerprint density at radius 3 is 2.46 bits per heavy atom. The minimum absolute atomic E-state index is 0.133. The van der Waals surface area contributed by atoms with Crippen LogP contribution in [-0.4, -0.2) is 5.97 Å². The van der Waals surface area contributed by atoms with Gasteiger partial charge in [0.2, 0.25) is 0 Å². The van der Waals surface area contributed by atoms with Crippen molar-refractivity contribution in [2.24, 2.45) is 5.92 Å². The first-order chi connectivity index (χ1) is 13.7. The van der Waals surface area contributed by atoms with Crippen LogP contribution in [0.25, 0.3) is 11.1 Å². The number of allylic oxidation sites excluding steroid dienone is 2. The van der Waals surface area contributed by atoms with E-state index in [2.05, 4.69) is 59.9 Å². The molecule has 0 amide bonds. The Labute approximate surface area is 164 Å². The molecule has 0 bridgehead atoms. The molecule has 0 aromatic heterocycles. The summed E-state index contributed by atoms with van der Waals surface area (Å²) in [6.45, 7) is 0. The molecule has 5 rings (SSSR count). The van der Waals surface area contributed by atoms with Gasteiger partial charge >= 0.3 is 0 Å². The van der Waals surface area contributed by atoms with E-state index in [4.69, 9.17) is 0 Å². The van der Waals surface area contributed by atoms with Gasteiger partial charge in [-0.3, -0.25) is 0 Å². The number of rotatable bonds is 3. The minimum Gasteiger partial charge on any atom is -0.545 e. The number of benzene rings is 3. The predicted molar refractivity (Wildman–Crippen MR) is 109 cm³/mol. The Bertz CT molecular complexity index is 1050. The molecule has 3 atom stereocenters. The summed E-state index contributed by atoms with van der Waals surface area (Å²) in [6.07, 6.45) is 5.60. The van der Waals surface area contributed by atoms with Crippen LogP contribution in [0.4, 0.5) is 5.69 Å². The van der Waals surface area contributed by atoms with E-state index in [9.17, 15) is 9.90 Å². The molecular weight excluding hydrogens is 346 g/mol. The highest BCUT2D eigenvalue weighted by Gasteiger charge is 2.38. The SMILES string of the molecule is O=C([O-])c1ccc([C@@H]2Nc3c(-c4ccccc4)cccc3[C@H]3C=CC[C@@H]32)cc1. The molecule has 138 valence electrons. The van der Waals surface area contributed by atoms with Crippen LogP contribution in [0.15, 0.2) is 84.9 Å². The fourth-order valence-corrected chi connectivity index (χ4v) is 4.64. The molecule has 2 aliphatic rings. The summed E-state index contributed by atoms with van der Waals surface area (Å²) < 4.78 is 0. The van der Waals surface area contributed by atoms with Crippen LogP contribution >= 0.6 is 0 Å². The van der Waals surface area contributed by atoms with Gasteiger partial charge in [-0.25, -0.2) is 0 Å². The van der Waals surface area contributed by atoms with E-state index in [1.807, 2.05) is 18.2 Å². The average molecular weight is 366 g/mol. The van der Waals surface area contributed by atoms with Gasteiger partial charge in [0.1, 0.15) is 0 Å². The van der Waals surface area contributed by atoms with Gasteiger partial charge in [-0.15, -0.1) is 0 Å². The van der Waals surface area contributed by atoms with E-state index in [1.165, 1.54) is 22.4 Å². The number of carboxylic acid groups (broad SMARTS) is 1. The second-order valence-electron chi connectivity index (χ2n) is 7.52. The normalized spacial score (nSPS) is 22.2. The lowest BCUT2D eigenvalue weighted by Gasteiger charge is -2.38. The second kappa shape index (κ2) is 6.68. The van der Waals surface area contributed by atoms with Gasteiger partial charge in [0.15, 0.2) is 0 Å². The van der Waals surface area contributed by atoms with Gasteiger partial charge in [-0.2, -0.15) is 0 Å². The van der Waals surface area contributed by atoms with Crippen molar-refractivity contribution >= 4 is 11.7 Å². The lowest BCUT2D eigenvalue weighted by atomic mass is 9.76. The molecule has 1 aliphatic heterocycles. The molecule has 3 aromatic rings. The van der Waals surface area contributed by atoms with Gasteiger partial charge in [0.25, 0.3) is 0 Å². The van der Waals surface area contributed by atoms with E-state index in [0.29, 0.717) is 11.8 Å². The maximum atomic E-state index is 11.1. The molecular formula is C25H20NO2-. The summed E-state index contributed by atoms with van der Waals surface area (Å²) in [4.78, 5) is 11.1. The van der Waals surface area contributed by atoms with Crippen molar-refractivity contribution in [3.05, 3.63) is 102 Å². The molecule has 0 spiro atoms. The summed E-state index contributed by atoms with van der Waals surface area (Å²) in [7, 11) is 0. The molecule has 0 unspecified atom stereocenters. The number of carbonyl (C=O) groups is 1. The first kappa shape index (κ1) is 16.8. The number of carboxylic acids is 1. The largest absolute Gasteiger partial charge is 0.545 e. The number of para-hydroxylation sites is 1. The predicted octanol–water partition coefficient (Wildman–Crippen LogP) is 4.54. The summed E-state index contributed by atoms with van der Waals surface area (Å²) in [6, 6.07) is 24.2. The standard InChI is InChI=1S/C25H21NO2/c27-25(28)18-14-12-17(13-15-18)23-21-10-5-9-20(21)22-11-4-8-19(24(22)26-23)16-6-2-1-3-7-16/h1-9,11-15,20-21,23,26H,10H2,(H,27,28)/p-1/t20-,21-,23-/m0/s1. The van der Waals surface area contributed by atoms with Gasteiger partial charge in [-0.05, 0) is 34.6 Å². The maximum absolute atomic E-state index is 11.1. The summed E-state index contributed by atoms with van der Waals surface area (Å²) in [5, 5.41) is 14.9. The molecule has 0 saturated heterocycles. The molecule has 0 radical (unpaired) electrons. The molecule has 1 aliphatic carbocycles. The first-order valence-corrected chi connectivity index (χ1v) is 9.65. The fourth-order valence-electron chi connectivity index (χ4n) is 4.64. The zero-order valence-corrected chi connectivity index (χ0v) is 15.3. The quantitative estimate of drug-likeness (QED) is 0.692. The van der Waals surface area contributed by atoms with Crippen LogP contribution < -0.4 is 10.4 Å². The Morgan fingerprint density at radius 1 is 0.929 bits per heavy atom. The Kier molecular flexibility index (Phi) is 4.01. The van der Waals surface area contributed by atoms with Gasteiger partial charge in [0, 0.05) is 17.2 Å². The molecule has 1 heterocycles. The van der Waals surface area contributed by atoms with E-state index < -0.39 is 5.97 Å². The first-order valence-electron chi connectivity index (χ1n) is 9.65. The third-order valence-corrected chi connectivity index (χ3v) is 5.99. The molecule has 3 heteroatoms.